The molecule has 0 spiro atoms. The number of benzene rings is 1. The average Bonchev–Trinajstić information content (AvgIpc) is 3.21. The van der Waals surface area contributed by atoms with Crippen molar-refractivity contribution in [2.24, 2.45) is 10.7 Å². The molecule has 1 aliphatic heterocycles. The third-order valence-electron chi connectivity index (χ3n) is 3.30. The lowest BCUT2D eigenvalue weighted by Gasteiger charge is -2.09. The summed E-state index contributed by atoms with van der Waals surface area (Å²) in [5, 5.41) is 21.5. The van der Waals surface area contributed by atoms with E-state index in [-0.39, 0.29) is 16.6 Å². The molecule has 0 unspecified atom stereocenters. The Morgan fingerprint density at radius 1 is 1.48 bits per heavy atom. The number of nitrogens with one attached hydrogen (secondary N) is 1. The van der Waals surface area contributed by atoms with E-state index in [1.54, 1.807) is 0 Å². The molecule has 0 saturated carbocycles. The van der Waals surface area contributed by atoms with Crippen LogP contribution in [-0.4, -0.2) is 36.5 Å². The highest BCUT2D eigenvalue weighted by Crippen LogP contribution is 2.24. The van der Waals surface area contributed by atoms with Gasteiger partial charge < -0.3 is 5.73 Å². The van der Waals surface area contributed by atoms with Gasteiger partial charge in [-0.05, 0) is 36.3 Å². The van der Waals surface area contributed by atoms with Gasteiger partial charge in [-0.25, -0.2) is 14.9 Å². The van der Waals surface area contributed by atoms with Crippen molar-refractivity contribution in [1.82, 2.24) is 30.9 Å². The van der Waals surface area contributed by atoms with Crippen LogP contribution in [0.5, 0.6) is 0 Å². The molecule has 12 heteroatoms. The van der Waals surface area contributed by atoms with Crippen LogP contribution in [0.1, 0.15) is 12.8 Å². The molecular weight excluding hydrogens is 355 g/mol. The van der Waals surface area contributed by atoms with E-state index >= 15 is 0 Å². The molecule has 2 heterocycles. The Morgan fingerprint density at radius 2 is 2.32 bits per heavy atom. The van der Waals surface area contributed by atoms with E-state index < -0.39 is 5.82 Å². The van der Waals surface area contributed by atoms with Crippen LogP contribution in [0.15, 0.2) is 40.9 Å². The van der Waals surface area contributed by atoms with Gasteiger partial charge in [-0.3, -0.25) is 5.21 Å². The molecule has 0 atom stereocenters. The fourth-order valence-corrected chi connectivity index (χ4v) is 2.34. The highest BCUT2D eigenvalue weighted by molar-refractivity contribution is 6.31. The summed E-state index contributed by atoms with van der Waals surface area (Å²) in [4.78, 5) is 10.4. The third-order valence-corrected chi connectivity index (χ3v) is 3.59. The van der Waals surface area contributed by atoms with Gasteiger partial charge in [-0.1, -0.05) is 16.8 Å². The molecule has 132 valence electrons. The minimum atomic E-state index is -0.560. The van der Waals surface area contributed by atoms with Gasteiger partial charge in [0.1, 0.15) is 5.82 Å². The van der Waals surface area contributed by atoms with Crippen molar-refractivity contribution < 1.29 is 14.5 Å². The molecule has 0 amide bonds. The van der Waals surface area contributed by atoms with Crippen molar-refractivity contribution in [1.29, 1.82) is 0 Å². The molecule has 0 saturated heterocycles. The quantitative estimate of drug-likeness (QED) is 0.514. The minimum Gasteiger partial charge on any atom is -0.382 e. The van der Waals surface area contributed by atoms with E-state index in [9.17, 15) is 9.60 Å². The smallest absolute Gasteiger partial charge is 0.162 e. The minimum absolute atomic E-state index is 0.0240. The number of aryl methyl sites for hydroxylation is 1. The Morgan fingerprint density at radius 3 is 3.04 bits per heavy atom. The molecular formula is C13H14ClFN8O2. The normalized spacial score (nSPS) is 15.0. The van der Waals surface area contributed by atoms with Gasteiger partial charge in [-0.2, -0.15) is 4.80 Å². The zero-order chi connectivity index (χ0) is 17.8. The van der Waals surface area contributed by atoms with Crippen LogP contribution in [0.2, 0.25) is 5.02 Å². The number of rotatable bonds is 6. The molecule has 1 aliphatic rings. The number of allylic oxidation sites excluding steroid dienone is 1. The predicted molar refractivity (Wildman–Crippen MR) is 84.6 cm³/mol. The number of aliphatic imine (C=N–C) groups is 1. The average molecular weight is 369 g/mol. The first-order chi connectivity index (χ1) is 12.0. The topological polar surface area (TPSA) is 127 Å². The lowest BCUT2D eigenvalue weighted by atomic mass is 10.2. The monoisotopic (exact) mass is 368 g/mol. The molecule has 3 rings (SSSR count). The highest BCUT2D eigenvalue weighted by Gasteiger charge is 2.25. The molecule has 0 radical (unpaired) electrons. The number of amidine groups is 1. The number of hydroxylamine groups is 3. The van der Waals surface area contributed by atoms with Crippen molar-refractivity contribution >= 4 is 23.1 Å². The molecule has 1 aromatic heterocycles. The summed E-state index contributed by atoms with van der Waals surface area (Å²) in [6.45, 7) is 0.522. The number of aromatic nitrogens is 4. The number of hydrogen-bond acceptors (Lipinski definition) is 8. The Labute approximate surface area is 146 Å². The summed E-state index contributed by atoms with van der Waals surface area (Å²) in [6.07, 6.45) is 2.46. The largest absolute Gasteiger partial charge is 0.382 e. The molecule has 0 fully saturated rings. The number of hydrogen-bond donors (Lipinski definition) is 3. The van der Waals surface area contributed by atoms with E-state index in [4.69, 9.17) is 22.3 Å². The number of nitrogens with zero attached hydrogens (tertiary/aromatic N) is 6. The van der Waals surface area contributed by atoms with Crippen LogP contribution in [-0.2, 0) is 11.5 Å². The maximum atomic E-state index is 13.2. The summed E-state index contributed by atoms with van der Waals surface area (Å²) in [7, 11) is 0. The van der Waals surface area contributed by atoms with E-state index in [1.807, 2.05) is 0 Å². The maximum absolute atomic E-state index is 13.2. The van der Waals surface area contributed by atoms with Gasteiger partial charge in [0, 0.05) is 0 Å². The van der Waals surface area contributed by atoms with Gasteiger partial charge in [0.15, 0.2) is 17.9 Å². The fourth-order valence-electron chi connectivity index (χ4n) is 2.16. The van der Waals surface area contributed by atoms with Gasteiger partial charge >= 0.3 is 0 Å². The van der Waals surface area contributed by atoms with Crippen LogP contribution in [0.4, 0.5) is 10.1 Å². The summed E-state index contributed by atoms with van der Waals surface area (Å²) < 4.78 is 13.2. The fraction of sp³-hybridized carbons (Fsp3) is 0.231. The predicted octanol–water partition coefficient (Wildman–Crippen LogP) is 1.29. The number of nitrogens with two attached hydrogens (primary N) is 1. The number of halogens is 2. The van der Waals surface area contributed by atoms with Crippen LogP contribution in [0, 0.1) is 5.82 Å². The SMILES string of the molecule is NC(=Nc1ccc(F)c(Cl)c1)C1=C(CCCn2ncnn2)NON1O. The van der Waals surface area contributed by atoms with Crippen LogP contribution >= 0.6 is 11.6 Å². The van der Waals surface area contributed by atoms with E-state index in [1.165, 1.54) is 29.3 Å². The Bertz CT molecular complexity index is 810. The van der Waals surface area contributed by atoms with E-state index in [0.717, 1.165) is 0 Å². The summed E-state index contributed by atoms with van der Waals surface area (Å²) >= 11 is 5.72. The Kier molecular flexibility index (Phi) is 5.07. The molecule has 4 N–H and O–H groups in total. The summed E-state index contributed by atoms with van der Waals surface area (Å²) in [5.74, 6) is -0.584. The van der Waals surface area contributed by atoms with Gasteiger partial charge in [0.05, 0.1) is 23.0 Å². The molecule has 10 nitrogen and oxygen atoms in total. The van der Waals surface area contributed by atoms with Gasteiger partial charge in [0.2, 0.25) is 0 Å². The van der Waals surface area contributed by atoms with Crippen molar-refractivity contribution in [2.45, 2.75) is 19.4 Å². The standard InChI is InChI=1S/C13H14ClFN8O2/c14-9-6-8(3-4-10(9)15)19-13(16)12-11(20-25-23(12)24)2-1-5-22-18-7-17-21-22/h3-4,6-7,20,24H,1-2,5H2,(H2,16,19). The first kappa shape index (κ1) is 17.1. The second-order valence-electron chi connectivity index (χ2n) is 5.02. The molecule has 1 aromatic carbocycles. The van der Waals surface area contributed by atoms with Gasteiger partial charge in [0.25, 0.3) is 0 Å². The lowest BCUT2D eigenvalue weighted by Crippen LogP contribution is -2.26. The van der Waals surface area contributed by atoms with Crippen molar-refractivity contribution in [3.8, 4) is 0 Å². The number of tetrazole rings is 1. The van der Waals surface area contributed by atoms with E-state index in [2.05, 4.69) is 25.9 Å². The second-order valence-corrected chi connectivity index (χ2v) is 5.43. The summed E-state index contributed by atoms with van der Waals surface area (Å²) in [5.41, 5.74) is 9.53. The molecule has 0 bridgehead atoms. The van der Waals surface area contributed by atoms with Crippen molar-refractivity contribution in [3.05, 3.63) is 46.8 Å². The second kappa shape index (κ2) is 7.42. The summed E-state index contributed by atoms with van der Waals surface area (Å²) in [6, 6.07) is 3.91. The molecule has 0 aliphatic carbocycles. The first-order valence-corrected chi connectivity index (χ1v) is 7.58. The van der Waals surface area contributed by atoms with Crippen LogP contribution in [0.25, 0.3) is 0 Å². The Balaban J connectivity index is 1.75. The van der Waals surface area contributed by atoms with Crippen molar-refractivity contribution in [2.75, 3.05) is 0 Å². The van der Waals surface area contributed by atoms with Crippen LogP contribution < -0.4 is 11.2 Å². The zero-order valence-corrected chi connectivity index (χ0v) is 13.6. The van der Waals surface area contributed by atoms with Crippen molar-refractivity contribution in [3.63, 3.8) is 0 Å². The highest BCUT2D eigenvalue weighted by atomic mass is 35.5. The van der Waals surface area contributed by atoms with Gasteiger partial charge in [-0.15, -0.1) is 15.1 Å². The zero-order valence-electron chi connectivity index (χ0n) is 12.8. The third kappa shape index (κ3) is 4.02. The Hall–Kier alpha value is -2.76. The molecule has 2 aromatic rings. The maximum Gasteiger partial charge on any atom is 0.162 e. The van der Waals surface area contributed by atoms with Crippen LogP contribution in [0.3, 0.4) is 0 Å². The first-order valence-electron chi connectivity index (χ1n) is 7.20. The molecule has 25 heavy (non-hydrogen) atoms. The lowest BCUT2D eigenvalue weighted by molar-refractivity contribution is -0.320. The van der Waals surface area contributed by atoms with E-state index in [0.29, 0.717) is 36.0 Å².